The molecule has 0 saturated heterocycles. The number of rotatable bonds is 6. The first-order valence-electron chi connectivity index (χ1n) is 16.7. The highest BCUT2D eigenvalue weighted by Crippen LogP contribution is 2.34. The number of hydrogen-bond donors (Lipinski definition) is 0. The summed E-state index contributed by atoms with van der Waals surface area (Å²) in [5.41, 5.74) is 12.2. The maximum absolute atomic E-state index is 5.16. The van der Waals surface area contributed by atoms with Crippen molar-refractivity contribution in [3.8, 4) is 67.5 Å². The number of fused-ring (bicyclic) bond motifs is 2. The van der Waals surface area contributed by atoms with Gasteiger partial charge in [-0.05, 0) is 46.5 Å². The third-order valence-electron chi connectivity index (χ3n) is 9.09. The number of aromatic nitrogens is 4. The Kier molecular flexibility index (Phi) is 7.45. The molecule has 2 aromatic heterocycles. The van der Waals surface area contributed by atoms with Crippen molar-refractivity contribution in [3.63, 3.8) is 0 Å². The van der Waals surface area contributed by atoms with Gasteiger partial charge in [0.1, 0.15) is 0 Å². The summed E-state index contributed by atoms with van der Waals surface area (Å²) in [5, 5.41) is 2.04. The molecule has 234 valence electrons. The first-order valence-corrected chi connectivity index (χ1v) is 16.7. The molecule has 2 heterocycles. The Morgan fingerprint density at radius 3 is 1.04 bits per heavy atom. The van der Waals surface area contributed by atoms with Crippen LogP contribution in [0.1, 0.15) is 0 Å². The van der Waals surface area contributed by atoms with Gasteiger partial charge >= 0.3 is 0 Å². The van der Waals surface area contributed by atoms with Crippen LogP contribution in [0.15, 0.2) is 182 Å². The zero-order valence-corrected chi connectivity index (χ0v) is 27.1. The second kappa shape index (κ2) is 12.7. The van der Waals surface area contributed by atoms with E-state index in [4.69, 9.17) is 19.9 Å². The maximum Gasteiger partial charge on any atom is 0.160 e. The van der Waals surface area contributed by atoms with E-state index in [0.29, 0.717) is 11.6 Å². The lowest BCUT2D eigenvalue weighted by atomic mass is 9.99. The number of nitrogens with zero attached hydrogens (tertiary/aromatic N) is 4. The number of benzene rings is 7. The van der Waals surface area contributed by atoms with Crippen molar-refractivity contribution < 1.29 is 0 Å². The molecule has 9 rings (SSSR count). The van der Waals surface area contributed by atoms with Gasteiger partial charge in [0.05, 0.1) is 22.4 Å². The van der Waals surface area contributed by atoms with E-state index in [-0.39, 0.29) is 0 Å². The van der Waals surface area contributed by atoms with E-state index in [2.05, 4.69) is 146 Å². The largest absolute Gasteiger partial charge is 0.228 e. The smallest absolute Gasteiger partial charge is 0.160 e. The Morgan fingerprint density at radius 1 is 0.240 bits per heavy atom. The zero-order valence-electron chi connectivity index (χ0n) is 27.1. The van der Waals surface area contributed by atoms with E-state index in [1.807, 2.05) is 36.4 Å². The van der Waals surface area contributed by atoms with Crippen molar-refractivity contribution >= 4 is 21.8 Å². The van der Waals surface area contributed by atoms with Crippen LogP contribution >= 0.6 is 0 Å². The van der Waals surface area contributed by atoms with Crippen molar-refractivity contribution in [2.75, 3.05) is 0 Å². The molecule has 4 heteroatoms. The maximum atomic E-state index is 5.16. The third kappa shape index (κ3) is 5.59. The van der Waals surface area contributed by atoms with Gasteiger partial charge in [-0.1, -0.05) is 158 Å². The van der Waals surface area contributed by atoms with Crippen LogP contribution in [0, 0.1) is 0 Å². The normalized spacial score (nSPS) is 11.2. The van der Waals surface area contributed by atoms with Gasteiger partial charge in [-0.15, -0.1) is 0 Å². The van der Waals surface area contributed by atoms with Crippen LogP contribution < -0.4 is 0 Å². The van der Waals surface area contributed by atoms with Crippen LogP contribution in [0.2, 0.25) is 0 Å². The van der Waals surface area contributed by atoms with Gasteiger partial charge in [0, 0.05) is 33.0 Å². The minimum Gasteiger partial charge on any atom is -0.228 e. The molecule has 0 N–H and O–H groups in total. The summed E-state index contributed by atoms with van der Waals surface area (Å²) >= 11 is 0. The van der Waals surface area contributed by atoms with Crippen LogP contribution in [-0.4, -0.2) is 19.9 Å². The molecule has 0 atom stereocenters. The fraction of sp³-hybridized carbons (Fsp3) is 0. The fourth-order valence-electron chi connectivity index (χ4n) is 6.57. The number of hydrogen-bond acceptors (Lipinski definition) is 4. The molecule has 0 fully saturated rings. The molecule has 7 aromatic carbocycles. The lowest BCUT2D eigenvalue weighted by molar-refractivity contribution is 1.22. The molecule has 0 radical (unpaired) electrons. The molecule has 0 aliphatic rings. The second-order valence-corrected chi connectivity index (χ2v) is 12.3. The fourth-order valence-corrected chi connectivity index (χ4v) is 6.57. The second-order valence-electron chi connectivity index (χ2n) is 12.3. The molecule has 50 heavy (non-hydrogen) atoms. The topological polar surface area (TPSA) is 51.6 Å². The molecule has 0 amide bonds. The quantitative estimate of drug-likeness (QED) is 0.182. The first-order chi connectivity index (χ1) is 24.8. The monoisotopic (exact) mass is 638 g/mol. The van der Waals surface area contributed by atoms with Crippen molar-refractivity contribution in [1.82, 2.24) is 19.9 Å². The zero-order chi connectivity index (χ0) is 33.3. The molecule has 0 aliphatic heterocycles. The molecule has 0 saturated carbocycles. The van der Waals surface area contributed by atoms with Gasteiger partial charge in [0.25, 0.3) is 0 Å². The van der Waals surface area contributed by atoms with Gasteiger partial charge in [0.2, 0.25) is 0 Å². The molecule has 0 spiro atoms. The SMILES string of the molecule is c1ccc(-c2cccc(-c3nc(-c4ccc(-c5nc(-c6cccc(-c7ccccc7)c6)c6ccccc6n5)cc4)nc4ccccc34)c2)cc1. The van der Waals surface area contributed by atoms with Crippen LogP contribution in [0.3, 0.4) is 0 Å². The summed E-state index contributed by atoms with van der Waals surface area (Å²) in [6.07, 6.45) is 0. The molecule has 4 nitrogen and oxygen atoms in total. The first kappa shape index (κ1) is 29.4. The third-order valence-corrected chi connectivity index (χ3v) is 9.09. The summed E-state index contributed by atoms with van der Waals surface area (Å²) in [7, 11) is 0. The van der Waals surface area contributed by atoms with Gasteiger partial charge in [-0.3, -0.25) is 0 Å². The molecule has 0 aliphatic carbocycles. The van der Waals surface area contributed by atoms with Crippen LogP contribution in [0.25, 0.3) is 89.4 Å². The van der Waals surface area contributed by atoms with Crippen LogP contribution in [0.5, 0.6) is 0 Å². The Bertz CT molecular complexity index is 2450. The van der Waals surface area contributed by atoms with E-state index in [1.54, 1.807) is 0 Å². The van der Waals surface area contributed by atoms with E-state index in [0.717, 1.165) is 66.6 Å². The minimum atomic E-state index is 0.674. The highest BCUT2D eigenvalue weighted by atomic mass is 14.9. The highest BCUT2D eigenvalue weighted by molar-refractivity contribution is 5.95. The molecule has 0 bridgehead atoms. The Hall–Kier alpha value is -6.78. The van der Waals surface area contributed by atoms with Gasteiger partial charge < -0.3 is 0 Å². The summed E-state index contributed by atoms with van der Waals surface area (Å²) in [5.74, 6) is 1.35. The molecular formula is C46H30N4. The van der Waals surface area contributed by atoms with Crippen molar-refractivity contribution in [3.05, 3.63) is 182 Å². The lowest BCUT2D eigenvalue weighted by Gasteiger charge is -2.12. The molecule has 9 aromatic rings. The summed E-state index contributed by atoms with van der Waals surface area (Å²) in [6, 6.07) is 62.7. The Balaban J connectivity index is 1.11. The van der Waals surface area contributed by atoms with Gasteiger partial charge in [-0.25, -0.2) is 19.9 Å². The Morgan fingerprint density at radius 2 is 0.600 bits per heavy atom. The van der Waals surface area contributed by atoms with Crippen molar-refractivity contribution in [2.45, 2.75) is 0 Å². The van der Waals surface area contributed by atoms with E-state index in [1.165, 1.54) is 11.1 Å². The lowest BCUT2D eigenvalue weighted by Crippen LogP contribution is -1.97. The van der Waals surface area contributed by atoms with Gasteiger partial charge in [0.15, 0.2) is 11.6 Å². The van der Waals surface area contributed by atoms with Crippen molar-refractivity contribution in [2.24, 2.45) is 0 Å². The average Bonchev–Trinajstić information content (AvgIpc) is 3.21. The predicted molar refractivity (Wildman–Crippen MR) is 205 cm³/mol. The standard InChI is InChI=1S/C46H30N4/c1-3-13-31(14-4-1)35-17-11-19-37(29-35)43-39-21-7-9-23-41(39)47-45(49-43)33-25-27-34(28-26-33)46-48-42-24-10-8-22-40(42)44(50-46)38-20-12-18-36(30-38)32-15-5-2-6-16-32/h1-30H. The predicted octanol–water partition coefficient (Wildman–Crippen LogP) is 11.6. The summed E-state index contributed by atoms with van der Waals surface area (Å²) < 4.78 is 0. The van der Waals surface area contributed by atoms with E-state index >= 15 is 0 Å². The Labute approximate surface area is 290 Å². The van der Waals surface area contributed by atoms with Gasteiger partial charge in [-0.2, -0.15) is 0 Å². The molecular weight excluding hydrogens is 609 g/mol. The van der Waals surface area contributed by atoms with E-state index < -0.39 is 0 Å². The average molecular weight is 639 g/mol. The summed E-state index contributed by atoms with van der Waals surface area (Å²) in [6.45, 7) is 0. The van der Waals surface area contributed by atoms with E-state index in [9.17, 15) is 0 Å². The van der Waals surface area contributed by atoms with Crippen LogP contribution in [-0.2, 0) is 0 Å². The van der Waals surface area contributed by atoms with Crippen LogP contribution in [0.4, 0.5) is 0 Å². The molecule has 0 unspecified atom stereocenters. The number of para-hydroxylation sites is 2. The van der Waals surface area contributed by atoms with Crippen molar-refractivity contribution in [1.29, 1.82) is 0 Å². The highest BCUT2D eigenvalue weighted by Gasteiger charge is 2.15. The summed E-state index contributed by atoms with van der Waals surface area (Å²) in [4.78, 5) is 20.3. The minimum absolute atomic E-state index is 0.674.